The summed E-state index contributed by atoms with van der Waals surface area (Å²) in [5.41, 5.74) is 1.21. The molecule has 1 aromatic carbocycles. The van der Waals surface area contributed by atoms with E-state index in [0.717, 1.165) is 5.69 Å². The Labute approximate surface area is 122 Å². The van der Waals surface area contributed by atoms with Crippen molar-refractivity contribution >= 4 is 11.7 Å². The molecule has 0 amide bonds. The predicted octanol–water partition coefficient (Wildman–Crippen LogP) is 2.70. The van der Waals surface area contributed by atoms with Crippen LogP contribution in [0, 0.1) is 0 Å². The summed E-state index contributed by atoms with van der Waals surface area (Å²) < 4.78 is 20.3. The lowest BCUT2D eigenvalue weighted by Crippen LogP contribution is -2.00. The first kappa shape index (κ1) is 14.8. The van der Waals surface area contributed by atoms with Crippen LogP contribution in [0.2, 0.25) is 0 Å². The Bertz CT molecular complexity index is 598. The number of anilines is 1. The number of carbonyl (C=O) groups is 1. The maximum Gasteiger partial charge on any atom is 0.341 e. The molecule has 2 aromatic rings. The number of methoxy groups -OCH3 is 3. The monoisotopic (exact) mass is 291 g/mol. The Kier molecular flexibility index (Phi) is 4.71. The Morgan fingerprint density at radius 1 is 1.10 bits per heavy atom. The van der Waals surface area contributed by atoms with E-state index in [2.05, 4.69) is 10.1 Å². The van der Waals surface area contributed by atoms with Crippen LogP contribution in [-0.2, 0) is 11.3 Å². The van der Waals surface area contributed by atoms with Gasteiger partial charge in [-0.1, -0.05) is 0 Å². The van der Waals surface area contributed by atoms with Gasteiger partial charge in [0.15, 0.2) is 0 Å². The second-order valence-corrected chi connectivity index (χ2v) is 4.25. The average Bonchev–Trinajstić information content (AvgIpc) is 3.00. The highest BCUT2D eigenvalue weighted by atomic mass is 16.5. The van der Waals surface area contributed by atoms with E-state index < -0.39 is 5.97 Å². The van der Waals surface area contributed by atoms with E-state index in [1.807, 2.05) is 12.1 Å². The number of esters is 1. The second kappa shape index (κ2) is 6.69. The summed E-state index contributed by atoms with van der Waals surface area (Å²) >= 11 is 0. The molecule has 0 aliphatic rings. The van der Waals surface area contributed by atoms with E-state index in [0.29, 0.717) is 29.4 Å². The number of carbonyl (C=O) groups excluding carboxylic acids is 1. The summed E-state index contributed by atoms with van der Waals surface area (Å²) in [5.74, 6) is 1.57. The number of hydrogen-bond donors (Lipinski definition) is 1. The number of hydrogen-bond acceptors (Lipinski definition) is 6. The third-order valence-electron chi connectivity index (χ3n) is 2.89. The van der Waals surface area contributed by atoms with Crippen molar-refractivity contribution in [2.75, 3.05) is 26.6 Å². The first-order valence-corrected chi connectivity index (χ1v) is 6.29. The summed E-state index contributed by atoms with van der Waals surface area (Å²) in [6.07, 6.45) is 1.37. The van der Waals surface area contributed by atoms with Gasteiger partial charge in [0.05, 0.1) is 33.4 Å². The van der Waals surface area contributed by atoms with E-state index in [1.165, 1.54) is 13.4 Å². The van der Waals surface area contributed by atoms with Crippen molar-refractivity contribution < 1.29 is 23.4 Å². The van der Waals surface area contributed by atoms with Crippen LogP contribution in [-0.4, -0.2) is 27.3 Å². The zero-order valence-electron chi connectivity index (χ0n) is 12.1. The zero-order valence-corrected chi connectivity index (χ0v) is 12.1. The van der Waals surface area contributed by atoms with Crippen LogP contribution in [0.25, 0.3) is 0 Å². The van der Waals surface area contributed by atoms with Crippen LogP contribution in [0.1, 0.15) is 16.1 Å². The third-order valence-corrected chi connectivity index (χ3v) is 2.89. The fourth-order valence-corrected chi connectivity index (χ4v) is 1.80. The molecular weight excluding hydrogens is 274 g/mol. The van der Waals surface area contributed by atoms with Crippen LogP contribution in [0.5, 0.6) is 11.5 Å². The molecule has 1 aromatic heterocycles. The molecule has 0 unspecified atom stereocenters. The van der Waals surface area contributed by atoms with Gasteiger partial charge in [-0.3, -0.25) is 0 Å². The van der Waals surface area contributed by atoms with E-state index in [9.17, 15) is 4.79 Å². The third kappa shape index (κ3) is 3.68. The zero-order chi connectivity index (χ0) is 15.2. The van der Waals surface area contributed by atoms with Crippen LogP contribution in [0.15, 0.2) is 34.9 Å². The molecule has 0 aliphatic heterocycles. The average molecular weight is 291 g/mol. The van der Waals surface area contributed by atoms with Crippen molar-refractivity contribution in [1.29, 1.82) is 0 Å². The standard InChI is InChI=1S/C15H17NO5/c1-18-12-5-11(6-13(7-12)19-2)16-8-14-4-10(9-21-14)15(17)20-3/h4-7,9,16H,8H2,1-3H3. The summed E-state index contributed by atoms with van der Waals surface area (Å²) in [5, 5.41) is 3.17. The SMILES string of the molecule is COC(=O)c1coc(CNc2cc(OC)cc(OC)c2)c1. The minimum Gasteiger partial charge on any atom is -0.497 e. The van der Waals surface area contributed by atoms with E-state index in [-0.39, 0.29) is 0 Å². The van der Waals surface area contributed by atoms with Gasteiger partial charge in [-0.15, -0.1) is 0 Å². The molecule has 0 saturated heterocycles. The molecule has 0 saturated carbocycles. The van der Waals surface area contributed by atoms with E-state index in [1.54, 1.807) is 26.4 Å². The first-order valence-electron chi connectivity index (χ1n) is 6.29. The van der Waals surface area contributed by atoms with Gasteiger partial charge < -0.3 is 23.9 Å². The Hall–Kier alpha value is -2.63. The molecule has 0 fully saturated rings. The maximum atomic E-state index is 11.3. The van der Waals surface area contributed by atoms with Gasteiger partial charge >= 0.3 is 5.97 Å². The molecule has 0 aliphatic carbocycles. The molecule has 2 rings (SSSR count). The van der Waals surface area contributed by atoms with Crippen LogP contribution in [0.3, 0.4) is 0 Å². The molecule has 6 heteroatoms. The van der Waals surface area contributed by atoms with Gasteiger partial charge in [0, 0.05) is 23.9 Å². The lowest BCUT2D eigenvalue weighted by molar-refractivity contribution is 0.0600. The smallest absolute Gasteiger partial charge is 0.341 e. The van der Waals surface area contributed by atoms with Crippen molar-refractivity contribution in [2.45, 2.75) is 6.54 Å². The fraction of sp³-hybridized carbons (Fsp3) is 0.267. The Balaban J connectivity index is 2.05. The molecule has 112 valence electrons. The summed E-state index contributed by atoms with van der Waals surface area (Å²) in [7, 11) is 4.51. The summed E-state index contributed by atoms with van der Waals surface area (Å²) in [4.78, 5) is 11.3. The van der Waals surface area contributed by atoms with Crippen molar-refractivity contribution in [3.8, 4) is 11.5 Å². The van der Waals surface area contributed by atoms with Gasteiger partial charge in [-0.2, -0.15) is 0 Å². The Morgan fingerprint density at radius 2 is 1.76 bits per heavy atom. The van der Waals surface area contributed by atoms with Crippen molar-refractivity contribution in [3.05, 3.63) is 41.9 Å². The highest BCUT2D eigenvalue weighted by molar-refractivity contribution is 5.89. The minimum atomic E-state index is -0.423. The molecule has 0 atom stereocenters. The van der Waals surface area contributed by atoms with Crippen LogP contribution < -0.4 is 14.8 Å². The first-order chi connectivity index (χ1) is 10.2. The van der Waals surface area contributed by atoms with Crippen molar-refractivity contribution in [1.82, 2.24) is 0 Å². The molecule has 0 radical (unpaired) electrons. The fourth-order valence-electron chi connectivity index (χ4n) is 1.80. The lowest BCUT2D eigenvalue weighted by atomic mass is 10.2. The van der Waals surface area contributed by atoms with Gasteiger partial charge in [-0.05, 0) is 6.07 Å². The van der Waals surface area contributed by atoms with Crippen LogP contribution >= 0.6 is 0 Å². The second-order valence-electron chi connectivity index (χ2n) is 4.25. The lowest BCUT2D eigenvalue weighted by Gasteiger charge is -2.09. The maximum absolute atomic E-state index is 11.3. The number of benzene rings is 1. The molecule has 6 nitrogen and oxygen atoms in total. The molecule has 1 heterocycles. The minimum absolute atomic E-state index is 0.387. The van der Waals surface area contributed by atoms with Crippen LogP contribution in [0.4, 0.5) is 5.69 Å². The molecular formula is C15H17NO5. The predicted molar refractivity (Wildman–Crippen MR) is 76.9 cm³/mol. The largest absolute Gasteiger partial charge is 0.497 e. The summed E-state index contributed by atoms with van der Waals surface area (Å²) in [6.45, 7) is 0.424. The summed E-state index contributed by atoms with van der Waals surface area (Å²) in [6, 6.07) is 7.10. The molecule has 1 N–H and O–H groups in total. The number of ether oxygens (including phenoxy) is 3. The van der Waals surface area contributed by atoms with Gasteiger partial charge in [0.1, 0.15) is 23.5 Å². The highest BCUT2D eigenvalue weighted by Crippen LogP contribution is 2.26. The molecule has 21 heavy (non-hydrogen) atoms. The Morgan fingerprint density at radius 3 is 2.33 bits per heavy atom. The van der Waals surface area contributed by atoms with Crippen molar-refractivity contribution in [3.63, 3.8) is 0 Å². The normalized spacial score (nSPS) is 10.0. The topological polar surface area (TPSA) is 69.9 Å². The van der Waals surface area contributed by atoms with E-state index >= 15 is 0 Å². The number of nitrogens with one attached hydrogen (secondary N) is 1. The van der Waals surface area contributed by atoms with Crippen molar-refractivity contribution in [2.24, 2.45) is 0 Å². The van der Waals surface area contributed by atoms with Gasteiger partial charge in [0.2, 0.25) is 0 Å². The molecule has 0 spiro atoms. The molecule has 0 bridgehead atoms. The van der Waals surface area contributed by atoms with Gasteiger partial charge in [-0.25, -0.2) is 4.79 Å². The highest BCUT2D eigenvalue weighted by Gasteiger charge is 2.10. The van der Waals surface area contributed by atoms with E-state index in [4.69, 9.17) is 13.9 Å². The number of furan rings is 1. The number of rotatable bonds is 6. The quantitative estimate of drug-likeness (QED) is 0.825. The van der Waals surface area contributed by atoms with Gasteiger partial charge in [0.25, 0.3) is 0 Å².